The van der Waals surface area contributed by atoms with Crippen molar-refractivity contribution in [3.8, 4) is 0 Å². The third-order valence-electron chi connectivity index (χ3n) is 10.9. The minimum absolute atomic E-state index is 0.448. The Bertz CT molecular complexity index is 750. The van der Waals surface area contributed by atoms with E-state index in [1.165, 1.54) is 44.9 Å². The topological polar surface area (TPSA) is 0 Å². The summed E-state index contributed by atoms with van der Waals surface area (Å²) in [6.45, 7) is 14.9. The number of hydrogen-bond donors (Lipinski definition) is 0. The first-order valence-electron chi connectivity index (χ1n) is 12.3. The summed E-state index contributed by atoms with van der Waals surface area (Å²) in [6.07, 6.45) is 20.5. The van der Waals surface area contributed by atoms with Gasteiger partial charge >= 0.3 is 0 Å². The lowest BCUT2D eigenvalue weighted by atomic mass is 9.53. The van der Waals surface area contributed by atoms with E-state index in [2.05, 4.69) is 65.8 Å². The number of rotatable bonds is 4. The molecule has 0 aromatic carbocycles. The van der Waals surface area contributed by atoms with Gasteiger partial charge in [-0.25, -0.2) is 0 Å². The van der Waals surface area contributed by atoms with E-state index < -0.39 is 0 Å². The lowest BCUT2D eigenvalue weighted by Gasteiger charge is -2.51. The summed E-state index contributed by atoms with van der Waals surface area (Å²) >= 11 is 0. The van der Waals surface area contributed by atoms with Gasteiger partial charge in [-0.2, -0.15) is 0 Å². The Balaban J connectivity index is 1.45. The van der Waals surface area contributed by atoms with E-state index in [9.17, 15) is 0 Å². The molecule has 0 aromatic heterocycles. The van der Waals surface area contributed by atoms with Crippen LogP contribution in [-0.2, 0) is 0 Å². The van der Waals surface area contributed by atoms with Crippen LogP contribution in [0.2, 0.25) is 0 Å². The highest BCUT2D eigenvalue weighted by Gasteiger charge is 2.71. The van der Waals surface area contributed by atoms with Crippen LogP contribution in [0.5, 0.6) is 0 Å². The first kappa shape index (κ1) is 19.2. The molecule has 0 amide bonds. The SMILES string of the molecule is CC(C)C(C)/C=C/C(C)C1CCC2=C3C=CC45C[C@H]4CCC5(C)C3CCC21C. The molecule has 154 valence electrons. The Morgan fingerprint density at radius 2 is 1.79 bits per heavy atom. The second kappa shape index (κ2) is 6.12. The molecule has 5 aliphatic rings. The monoisotopic (exact) mass is 378 g/mol. The molecule has 5 rings (SSSR count). The second-order valence-electron chi connectivity index (χ2n) is 12.2. The molecule has 0 N–H and O–H groups in total. The summed E-state index contributed by atoms with van der Waals surface area (Å²) in [7, 11) is 0. The van der Waals surface area contributed by atoms with Crippen LogP contribution in [-0.4, -0.2) is 0 Å². The van der Waals surface area contributed by atoms with Gasteiger partial charge in [0.2, 0.25) is 0 Å². The lowest BCUT2D eigenvalue weighted by molar-refractivity contribution is 0.0893. The summed E-state index contributed by atoms with van der Waals surface area (Å²) in [5.41, 5.74) is 5.32. The molecule has 8 atom stereocenters. The predicted octanol–water partition coefficient (Wildman–Crippen LogP) is 7.97. The van der Waals surface area contributed by atoms with Gasteiger partial charge in [-0.05, 0) is 102 Å². The fourth-order valence-electron chi connectivity index (χ4n) is 8.42. The molecule has 0 saturated heterocycles. The van der Waals surface area contributed by atoms with Gasteiger partial charge in [-0.3, -0.25) is 0 Å². The molecular formula is C28H42. The smallest absolute Gasteiger partial charge is 0.00239 e. The maximum Gasteiger partial charge on any atom is -0.00239 e. The van der Waals surface area contributed by atoms with E-state index in [-0.39, 0.29) is 0 Å². The van der Waals surface area contributed by atoms with E-state index in [0.29, 0.717) is 28.1 Å². The predicted molar refractivity (Wildman–Crippen MR) is 120 cm³/mol. The van der Waals surface area contributed by atoms with Crippen LogP contribution in [0.15, 0.2) is 35.5 Å². The van der Waals surface area contributed by atoms with Crippen LogP contribution in [0.3, 0.4) is 0 Å². The van der Waals surface area contributed by atoms with Gasteiger partial charge in [-0.1, -0.05) is 71.4 Å². The van der Waals surface area contributed by atoms with Crippen molar-refractivity contribution >= 4 is 0 Å². The summed E-state index contributed by atoms with van der Waals surface area (Å²) in [5, 5.41) is 0. The summed E-state index contributed by atoms with van der Waals surface area (Å²) in [6, 6.07) is 0. The molecule has 0 nitrogen and oxygen atoms in total. The van der Waals surface area contributed by atoms with Crippen molar-refractivity contribution in [2.24, 2.45) is 51.8 Å². The van der Waals surface area contributed by atoms with Crippen LogP contribution in [0, 0.1) is 51.8 Å². The Hall–Kier alpha value is -0.780. The highest BCUT2D eigenvalue weighted by atomic mass is 14.7. The third kappa shape index (κ3) is 2.36. The van der Waals surface area contributed by atoms with E-state index >= 15 is 0 Å². The zero-order valence-corrected chi connectivity index (χ0v) is 19.2. The number of fused-ring (bicyclic) bond motifs is 3. The molecule has 0 bridgehead atoms. The van der Waals surface area contributed by atoms with Crippen molar-refractivity contribution in [3.63, 3.8) is 0 Å². The van der Waals surface area contributed by atoms with Gasteiger partial charge in [0.1, 0.15) is 0 Å². The fourth-order valence-corrected chi connectivity index (χ4v) is 8.42. The Labute approximate surface area is 173 Å². The van der Waals surface area contributed by atoms with Gasteiger partial charge in [0.25, 0.3) is 0 Å². The van der Waals surface area contributed by atoms with Crippen LogP contribution in [0.1, 0.15) is 86.5 Å². The molecule has 1 spiro atoms. The normalized spacial score (nSPS) is 48.5. The molecule has 3 saturated carbocycles. The van der Waals surface area contributed by atoms with Gasteiger partial charge in [0.15, 0.2) is 0 Å². The standard InChI is InChI=1S/C28H42/c1-18(2)19(3)7-8-20(4)23-9-10-24-22-12-16-28-17-21(28)11-15-27(28,6)25(22)13-14-26(23,24)5/h7-8,12,16,18-21,23,25H,9-11,13-15,17H2,1-6H3/b8-7+/t19?,20?,21-,23?,25?,26?,27?,28?/m1/s1. The van der Waals surface area contributed by atoms with Crippen molar-refractivity contribution in [3.05, 3.63) is 35.5 Å². The molecular weight excluding hydrogens is 336 g/mol. The highest BCUT2D eigenvalue weighted by Crippen LogP contribution is 2.79. The van der Waals surface area contributed by atoms with Crippen LogP contribution in [0.25, 0.3) is 0 Å². The zero-order chi connectivity index (χ0) is 19.9. The van der Waals surface area contributed by atoms with E-state index in [1.54, 1.807) is 0 Å². The van der Waals surface area contributed by atoms with E-state index in [1.807, 2.05) is 11.1 Å². The van der Waals surface area contributed by atoms with E-state index in [0.717, 1.165) is 23.7 Å². The Morgan fingerprint density at radius 1 is 1.00 bits per heavy atom. The fraction of sp³-hybridized carbons (Fsp3) is 0.786. The molecule has 0 heterocycles. The second-order valence-corrected chi connectivity index (χ2v) is 12.2. The molecule has 28 heavy (non-hydrogen) atoms. The number of allylic oxidation sites excluding steroid dienone is 6. The van der Waals surface area contributed by atoms with Gasteiger partial charge < -0.3 is 0 Å². The average molecular weight is 379 g/mol. The van der Waals surface area contributed by atoms with Crippen molar-refractivity contribution in [1.82, 2.24) is 0 Å². The minimum atomic E-state index is 0.448. The third-order valence-corrected chi connectivity index (χ3v) is 10.9. The Morgan fingerprint density at radius 3 is 2.50 bits per heavy atom. The van der Waals surface area contributed by atoms with Crippen LogP contribution < -0.4 is 0 Å². The highest BCUT2D eigenvalue weighted by molar-refractivity contribution is 5.46. The largest absolute Gasteiger partial charge is 0.0852 e. The molecule has 3 fully saturated rings. The van der Waals surface area contributed by atoms with Gasteiger partial charge in [0.05, 0.1) is 0 Å². The van der Waals surface area contributed by atoms with Crippen molar-refractivity contribution in [1.29, 1.82) is 0 Å². The maximum atomic E-state index is 2.70. The first-order chi connectivity index (χ1) is 13.2. The molecule has 7 unspecified atom stereocenters. The van der Waals surface area contributed by atoms with Crippen molar-refractivity contribution in [2.75, 3.05) is 0 Å². The summed E-state index contributed by atoms with van der Waals surface area (Å²) < 4.78 is 0. The lowest BCUT2D eigenvalue weighted by Crippen LogP contribution is -2.42. The van der Waals surface area contributed by atoms with Gasteiger partial charge in [0, 0.05) is 0 Å². The molecule has 0 radical (unpaired) electrons. The Kier molecular flexibility index (Phi) is 4.19. The minimum Gasteiger partial charge on any atom is -0.0852 e. The molecule has 0 heteroatoms. The first-order valence-corrected chi connectivity index (χ1v) is 12.3. The average Bonchev–Trinajstić information content (AvgIpc) is 3.14. The number of hydrogen-bond acceptors (Lipinski definition) is 0. The van der Waals surface area contributed by atoms with Crippen LogP contribution >= 0.6 is 0 Å². The van der Waals surface area contributed by atoms with E-state index in [4.69, 9.17) is 0 Å². The van der Waals surface area contributed by atoms with Crippen LogP contribution in [0.4, 0.5) is 0 Å². The zero-order valence-electron chi connectivity index (χ0n) is 19.2. The quantitative estimate of drug-likeness (QED) is 0.435. The van der Waals surface area contributed by atoms with Crippen molar-refractivity contribution < 1.29 is 0 Å². The molecule has 0 aromatic rings. The molecule has 0 aliphatic heterocycles. The molecule has 5 aliphatic carbocycles. The maximum absolute atomic E-state index is 2.70. The summed E-state index contributed by atoms with van der Waals surface area (Å²) in [4.78, 5) is 0. The summed E-state index contributed by atoms with van der Waals surface area (Å²) in [5.74, 6) is 4.86. The van der Waals surface area contributed by atoms with Gasteiger partial charge in [-0.15, -0.1) is 0 Å². The van der Waals surface area contributed by atoms with Crippen molar-refractivity contribution in [2.45, 2.75) is 86.5 Å².